The van der Waals surface area contributed by atoms with E-state index in [1.54, 1.807) is 0 Å². The standard InChI is InChI=1S/C27H36N2O8/c1-16(2)23(36-20-11-9-8-10-12-20)24(17(3)4)37-27(32)18(5)29-26(31)22-25(35-15-34-19(6)30)21(33-7)13-14-28-22/h8-14,16-18,23-24H,15H2,1-7H3,(H,29,31)/t18-,23+,24-/m0/s1. The van der Waals surface area contributed by atoms with E-state index in [9.17, 15) is 14.4 Å². The number of hydrogen-bond donors (Lipinski definition) is 1. The van der Waals surface area contributed by atoms with Crippen molar-refractivity contribution in [3.8, 4) is 17.2 Å². The number of amides is 1. The lowest BCUT2D eigenvalue weighted by molar-refractivity contribution is -0.161. The van der Waals surface area contributed by atoms with Crippen LogP contribution in [0.1, 0.15) is 52.0 Å². The van der Waals surface area contributed by atoms with E-state index >= 15 is 0 Å². The van der Waals surface area contributed by atoms with E-state index in [-0.39, 0.29) is 29.0 Å². The first-order chi connectivity index (χ1) is 17.5. The van der Waals surface area contributed by atoms with Crippen molar-refractivity contribution in [2.45, 2.75) is 59.8 Å². The van der Waals surface area contributed by atoms with Crippen LogP contribution in [0.15, 0.2) is 42.6 Å². The van der Waals surface area contributed by atoms with Crippen LogP contribution >= 0.6 is 0 Å². The number of nitrogens with one attached hydrogen (secondary N) is 1. The van der Waals surface area contributed by atoms with Gasteiger partial charge in [-0.1, -0.05) is 45.9 Å². The van der Waals surface area contributed by atoms with E-state index in [1.165, 1.54) is 33.2 Å². The van der Waals surface area contributed by atoms with Crippen LogP contribution in [-0.4, -0.2) is 55.0 Å². The molecule has 0 aliphatic heterocycles. The number of benzene rings is 1. The van der Waals surface area contributed by atoms with Crippen molar-refractivity contribution in [1.29, 1.82) is 0 Å². The van der Waals surface area contributed by atoms with Gasteiger partial charge in [0, 0.05) is 19.2 Å². The van der Waals surface area contributed by atoms with Crippen molar-refractivity contribution in [3.63, 3.8) is 0 Å². The van der Waals surface area contributed by atoms with Gasteiger partial charge >= 0.3 is 11.9 Å². The van der Waals surface area contributed by atoms with Crippen molar-refractivity contribution in [2.75, 3.05) is 13.9 Å². The van der Waals surface area contributed by atoms with Crippen LogP contribution in [0.3, 0.4) is 0 Å². The van der Waals surface area contributed by atoms with Gasteiger partial charge in [0.25, 0.3) is 5.91 Å². The Morgan fingerprint density at radius 2 is 1.59 bits per heavy atom. The Kier molecular flexibility index (Phi) is 11.2. The average molecular weight is 517 g/mol. The lowest BCUT2D eigenvalue weighted by Gasteiger charge is -2.33. The molecule has 0 aliphatic carbocycles. The highest BCUT2D eigenvalue weighted by molar-refractivity contribution is 5.98. The quantitative estimate of drug-likeness (QED) is 0.313. The number of methoxy groups -OCH3 is 1. The molecule has 37 heavy (non-hydrogen) atoms. The first kappa shape index (κ1) is 29.4. The fraction of sp³-hybridized carbons (Fsp3) is 0.481. The van der Waals surface area contributed by atoms with E-state index in [0.29, 0.717) is 5.75 Å². The lowest BCUT2D eigenvalue weighted by Crippen LogP contribution is -2.47. The topological polar surface area (TPSA) is 122 Å². The predicted molar refractivity (Wildman–Crippen MR) is 135 cm³/mol. The molecule has 1 aromatic heterocycles. The molecule has 1 heterocycles. The predicted octanol–water partition coefficient (Wildman–Crippen LogP) is 3.78. The molecule has 2 aromatic rings. The van der Waals surface area contributed by atoms with Crippen LogP contribution in [0.2, 0.25) is 0 Å². The number of hydrogen-bond acceptors (Lipinski definition) is 9. The van der Waals surface area contributed by atoms with Gasteiger partial charge in [-0.3, -0.25) is 9.59 Å². The summed E-state index contributed by atoms with van der Waals surface area (Å²) < 4.78 is 27.5. The Labute approximate surface area is 217 Å². The maximum absolute atomic E-state index is 13.0. The molecule has 10 heteroatoms. The molecule has 0 saturated carbocycles. The monoisotopic (exact) mass is 516 g/mol. The minimum absolute atomic E-state index is 0.0273. The second kappa shape index (κ2) is 14.1. The van der Waals surface area contributed by atoms with Crippen LogP contribution in [-0.2, 0) is 19.1 Å². The summed E-state index contributed by atoms with van der Waals surface area (Å²) in [4.78, 5) is 41.2. The van der Waals surface area contributed by atoms with E-state index in [4.69, 9.17) is 23.7 Å². The third-order valence-electron chi connectivity index (χ3n) is 5.38. The third-order valence-corrected chi connectivity index (χ3v) is 5.38. The number of esters is 2. The molecule has 0 unspecified atom stereocenters. The summed E-state index contributed by atoms with van der Waals surface area (Å²) in [6.45, 7) is 10.2. The van der Waals surface area contributed by atoms with Gasteiger partial charge in [-0.15, -0.1) is 0 Å². The number of carbonyl (C=O) groups excluding carboxylic acids is 3. The van der Waals surface area contributed by atoms with Gasteiger partial charge < -0.3 is 29.0 Å². The molecule has 1 amide bonds. The van der Waals surface area contributed by atoms with Crippen LogP contribution in [0.4, 0.5) is 0 Å². The van der Waals surface area contributed by atoms with Crippen molar-refractivity contribution < 1.29 is 38.1 Å². The van der Waals surface area contributed by atoms with Gasteiger partial charge in [-0.05, 0) is 30.9 Å². The molecular weight excluding hydrogens is 480 g/mol. The maximum Gasteiger partial charge on any atom is 0.328 e. The number of carbonyl (C=O) groups is 3. The molecule has 202 valence electrons. The highest BCUT2D eigenvalue weighted by Gasteiger charge is 2.34. The SMILES string of the molecule is COc1ccnc(C(=O)N[C@@H](C)C(=O)O[C@@H](C(C)C)[C@H](Oc2ccccc2)C(C)C)c1OCOC(C)=O. The summed E-state index contributed by atoms with van der Waals surface area (Å²) in [5.74, 6) is -1.02. The number of para-hydroxylation sites is 1. The molecule has 1 aromatic carbocycles. The van der Waals surface area contributed by atoms with E-state index in [2.05, 4.69) is 10.3 Å². The number of aromatic nitrogens is 1. The van der Waals surface area contributed by atoms with Crippen molar-refractivity contribution in [1.82, 2.24) is 10.3 Å². The molecule has 2 rings (SSSR count). The molecule has 1 N–H and O–H groups in total. The summed E-state index contributed by atoms with van der Waals surface area (Å²) in [5.41, 5.74) is -0.140. The number of nitrogens with zero attached hydrogens (tertiary/aromatic N) is 1. The summed E-state index contributed by atoms with van der Waals surface area (Å²) in [7, 11) is 1.39. The molecule has 0 fully saturated rings. The summed E-state index contributed by atoms with van der Waals surface area (Å²) in [6.07, 6.45) is 0.387. The molecule has 10 nitrogen and oxygen atoms in total. The average Bonchev–Trinajstić information content (AvgIpc) is 2.85. The molecular formula is C27H36N2O8. The molecule has 0 bridgehead atoms. The van der Waals surface area contributed by atoms with Gasteiger partial charge in [0.1, 0.15) is 24.0 Å². The van der Waals surface area contributed by atoms with Crippen LogP contribution in [0, 0.1) is 11.8 Å². The summed E-state index contributed by atoms with van der Waals surface area (Å²) >= 11 is 0. The van der Waals surface area contributed by atoms with E-state index in [1.807, 2.05) is 58.0 Å². The highest BCUT2D eigenvalue weighted by Crippen LogP contribution is 2.30. The third kappa shape index (κ3) is 8.66. The van der Waals surface area contributed by atoms with Crippen molar-refractivity contribution in [2.24, 2.45) is 11.8 Å². The van der Waals surface area contributed by atoms with E-state index < -0.39 is 42.9 Å². The van der Waals surface area contributed by atoms with Gasteiger partial charge in [0.05, 0.1) is 7.11 Å². The van der Waals surface area contributed by atoms with Crippen LogP contribution in [0.25, 0.3) is 0 Å². The molecule has 0 radical (unpaired) electrons. The first-order valence-corrected chi connectivity index (χ1v) is 12.1. The Hall–Kier alpha value is -3.82. The highest BCUT2D eigenvalue weighted by atomic mass is 16.7. The Bertz CT molecular complexity index is 1040. The zero-order valence-electron chi connectivity index (χ0n) is 22.3. The smallest absolute Gasteiger partial charge is 0.328 e. The van der Waals surface area contributed by atoms with Gasteiger partial charge in [-0.2, -0.15) is 0 Å². The zero-order valence-corrected chi connectivity index (χ0v) is 22.3. The van der Waals surface area contributed by atoms with Crippen molar-refractivity contribution in [3.05, 3.63) is 48.3 Å². The minimum Gasteiger partial charge on any atom is -0.493 e. The Balaban J connectivity index is 2.15. The van der Waals surface area contributed by atoms with Crippen molar-refractivity contribution >= 4 is 17.8 Å². The number of pyridine rings is 1. The molecule has 0 spiro atoms. The van der Waals surface area contributed by atoms with Crippen LogP contribution in [0.5, 0.6) is 17.2 Å². The first-order valence-electron chi connectivity index (χ1n) is 12.1. The van der Waals surface area contributed by atoms with Gasteiger partial charge in [0.2, 0.25) is 6.79 Å². The molecule has 0 saturated heterocycles. The molecule has 3 atom stereocenters. The minimum atomic E-state index is -1.01. The van der Waals surface area contributed by atoms with Crippen LogP contribution < -0.4 is 19.5 Å². The van der Waals surface area contributed by atoms with E-state index in [0.717, 1.165) is 0 Å². The largest absolute Gasteiger partial charge is 0.493 e. The van der Waals surface area contributed by atoms with Gasteiger partial charge in [0.15, 0.2) is 17.2 Å². The van der Waals surface area contributed by atoms with Gasteiger partial charge in [-0.25, -0.2) is 9.78 Å². The second-order valence-corrected chi connectivity index (χ2v) is 9.07. The summed E-state index contributed by atoms with van der Waals surface area (Å²) in [5, 5.41) is 2.59. The normalized spacial score (nSPS) is 13.3. The Morgan fingerprint density at radius 3 is 2.16 bits per heavy atom. The second-order valence-electron chi connectivity index (χ2n) is 9.07. The zero-order chi connectivity index (χ0) is 27.5. The number of rotatable bonds is 13. The lowest BCUT2D eigenvalue weighted by atomic mass is 9.93. The maximum atomic E-state index is 13.0. The fourth-order valence-electron chi connectivity index (χ4n) is 3.45. The molecule has 0 aliphatic rings. The summed E-state index contributed by atoms with van der Waals surface area (Å²) in [6, 6.07) is 9.82. The fourth-order valence-corrected chi connectivity index (χ4v) is 3.45. The number of ether oxygens (including phenoxy) is 5. The Morgan fingerprint density at radius 1 is 0.946 bits per heavy atom.